The van der Waals surface area contributed by atoms with Crippen molar-refractivity contribution in [3.8, 4) is 0 Å². The maximum absolute atomic E-state index is 6.18. The first-order valence-electron chi connectivity index (χ1n) is 3.66. The van der Waals surface area contributed by atoms with Gasteiger partial charge in [-0.2, -0.15) is 0 Å². The molecule has 1 aliphatic carbocycles. The molecule has 1 heteroatoms. The zero-order valence-electron chi connectivity index (χ0n) is 6.50. The molecule has 0 bridgehead atoms. The van der Waals surface area contributed by atoms with Crippen LogP contribution in [-0.2, 0) is 0 Å². The van der Waals surface area contributed by atoms with E-state index in [9.17, 15) is 0 Å². The summed E-state index contributed by atoms with van der Waals surface area (Å²) in [7, 11) is 0. The van der Waals surface area contributed by atoms with E-state index in [1.807, 2.05) is 0 Å². The van der Waals surface area contributed by atoms with Crippen LogP contribution >= 0.6 is 11.6 Å². The predicted molar refractivity (Wildman–Crippen MR) is 41.9 cm³/mol. The van der Waals surface area contributed by atoms with Crippen molar-refractivity contribution in [1.82, 2.24) is 0 Å². The zero-order valence-corrected chi connectivity index (χ0v) is 7.26. The van der Waals surface area contributed by atoms with Crippen molar-refractivity contribution in [2.45, 2.75) is 44.9 Å². The fraction of sp³-hybridized carbons (Fsp3) is 1.00. The molecule has 0 spiro atoms. The van der Waals surface area contributed by atoms with Crippen LogP contribution in [0.1, 0.15) is 40.0 Å². The smallest absolute Gasteiger partial charge is 0.0454 e. The van der Waals surface area contributed by atoms with Crippen LogP contribution in [0.25, 0.3) is 0 Å². The standard InChI is InChI=1S/C8H15Cl/c1-4-8(9)5-7(2,3)6-8/h4-6H2,1-3H3. The van der Waals surface area contributed by atoms with Gasteiger partial charge in [0, 0.05) is 4.87 Å². The first kappa shape index (κ1) is 7.40. The molecule has 0 nitrogen and oxygen atoms in total. The van der Waals surface area contributed by atoms with Crippen molar-refractivity contribution >= 4 is 11.6 Å². The van der Waals surface area contributed by atoms with Crippen LogP contribution in [0, 0.1) is 5.41 Å². The third-order valence-electron chi connectivity index (χ3n) is 2.22. The molecule has 54 valence electrons. The van der Waals surface area contributed by atoms with Gasteiger partial charge in [0.2, 0.25) is 0 Å². The highest BCUT2D eigenvalue weighted by molar-refractivity contribution is 6.24. The van der Waals surface area contributed by atoms with Crippen LogP contribution in [0.2, 0.25) is 0 Å². The van der Waals surface area contributed by atoms with Gasteiger partial charge in [0.15, 0.2) is 0 Å². The van der Waals surface area contributed by atoms with Gasteiger partial charge in [-0.1, -0.05) is 20.8 Å². The lowest BCUT2D eigenvalue weighted by atomic mass is 9.63. The predicted octanol–water partition coefficient (Wildman–Crippen LogP) is 3.19. The zero-order chi connectivity index (χ0) is 7.12. The van der Waals surface area contributed by atoms with Crippen LogP contribution in [0.15, 0.2) is 0 Å². The third kappa shape index (κ3) is 1.40. The molecule has 0 aromatic rings. The Morgan fingerprint density at radius 3 is 1.89 bits per heavy atom. The molecule has 0 aromatic heterocycles. The van der Waals surface area contributed by atoms with E-state index in [2.05, 4.69) is 20.8 Å². The second-order valence-electron chi connectivity index (χ2n) is 4.02. The highest BCUT2D eigenvalue weighted by atomic mass is 35.5. The Kier molecular flexibility index (Phi) is 1.55. The minimum absolute atomic E-state index is 0.170. The molecule has 1 aliphatic rings. The monoisotopic (exact) mass is 146 g/mol. The molecule has 1 saturated carbocycles. The summed E-state index contributed by atoms with van der Waals surface area (Å²) in [6.45, 7) is 6.73. The molecule has 0 aliphatic heterocycles. The quantitative estimate of drug-likeness (QED) is 0.499. The van der Waals surface area contributed by atoms with Crippen molar-refractivity contribution in [1.29, 1.82) is 0 Å². The topological polar surface area (TPSA) is 0 Å². The number of halogens is 1. The molecule has 0 N–H and O–H groups in total. The molecule has 1 rings (SSSR count). The van der Waals surface area contributed by atoms with Gasteiger partial charge in [-0.3, -0.25) is 0 Å². The second kappa shape index (κ2) is 1.88. The molecule has 0 amide bonds. The van der Waals surface area contributed by atoms with Gasteiger partial charge in [-0.05, 0) is 24.7 Å². The summed E-state index contributed by atoms with van der Waals surface area (Å²) in [6.07, 6.45) is 3.51. The maximum atomic E-state index is 6.18. The van der Waals surface area contributed by atoms with E-state index in [4.69, 9.17) is 11.6 Å². The Morgan fingerprint density at radius 2 is 1.78 bits per heavy atom. The molecular weight excluding hydrogens is 132 g/mol. The lowest BCUT2D eigenvalue weighted by Crippen LogP contribution is -2.43. The first-order chi connectivity index (χ1) is 3.97. The molecule has 9 heavy (non-hydrogen) atoms. The van der Waals surface area contributed by atoms with E-state index < -0.39 is 0 Å². The SMILES string of the molecule is CCC1(Cl)CC(C)(C)C1. The summed E-state index contributed by atoms with van der Waals surface area (Å²) in [5.41, 5.74) is 0.526. The Hall–Kier alpha value is 0.290. The van der Waals surface area contributed by atoms with E-state index >= 15 is 0 Å². The highest BCUT2D eigenvalue weighted by Crippen LogP contribution is 2.53. The number of alkyl halides is 1. The average molecular weight is 147 g/mol. The summed E-state index contributed by atoms with van der Waals surface area (Å²) in [5.74, 6) is 0. The molecule has 0 unspecified atom stereocenters. The lowest BCUT2D eigenvalue weighted by molar-refractivity contribution is 0.118. The van der Waals surface area contributed by atoms with E-state index in [1.165, 1.54) is 12.8 Å². The average Bonchev–Trinajstić information content (AvgIpc) is 1.61. The van der Waals surface area contributed by atoms with Crippen LogP contribution < -0.4 is 0 Å². The van der Waals surface area contributed by atoms with Crippen molar-refractivity contribution in [2.75, 3.05) is 0 Å². The fourth-order valence-corrected chi connectivity index (χ4v) is 2.64. The number of hydrogen-bond donors (Lipinski definition) is 0. The van der Waals surface area contributed by atoms with E-state index in [0.29, 0.717) is 5.41 Å². The van der Waals surface area contributed by atoms with Crippen molar-refractivity contribution in [3.63, 3.8) is 0 Å². The Balaban J connectivity index is 2.41. The highest BCUT2D eigenvalue weighted by Gasteiger charge is 2.46. The first-order valence-corrected chi connectivity index (χ1v) is 4.04. The Morgan fingerprint density at radius 1 is 1.33 bits per heavy atom. The van der Waals surface area contributed by atoms with Crippen LogP contribution in [0.5, 0.6) is 0 Å². The van der Waals surface area contributed by atoms with Crippen molar-refractivity contribution in [2.24, 2.45) is 5.41 Å². The largest absolute Gasteiger partial charge is 0.119 e. The summed E-state index contributed by atoms with van der Waals surface area (Å²) < 4.78 is 0. The van der Waals surface area contributed by atoms with Gasteiger partial charge in [0.05, 0.1) is 0 Å². The number of hydrogen-bond acceptors (Lipinski definition) is 0. The maximum Gasteiger partial charge on any atom is 0.0454 e. The molecule has 0 atom stereocenters. The molecule has 0 aromatic carbocycles. The molecular formula is C8H15Cl. The van der Waals surface area contributed by atoms with Gasteiger partial charge < -0.3 is 0 Å². The van der Waals surface area contributed by atoms with Crippen molar-refractivity contribution in [3.05, 3.63) is 0 Å². The van der Waals surface area contributed by atoms with Gasteiger partial charge >= 0.3 is 0 Å². The van der Waals surface area contributed by atoms with Gasteiger partial charge in [0.1, 0.15) is 0 Å². The summed E-state index contributed by atoms with van der Waals surface area (Å²) >= 11 is 6.18. The van der Waals surface area contributed by atoms with Crippen molar-refractivity contribution < 1.29 is 0 Å². The Labute approximate surface area is 62.6 Å². The summed E-state index contributed by atoms with van der Waals surface area (Å²) in [5, 5.41) is 0. The van der Waals surface area contributed by atoms with Crippen LogP contribution in [-0.4, -0.2) is 4.87 Å². The van der Waals surface area contributed by atoms with Crippen LogP contribution in [0.3, 0.4) is 0 Å². The minimum Gasteiger partial charge on any atom is -0.119 e. The summed E-state index contributed by atoms with van der Waals surface area (Å²) in [6, 6.07) is 0. The van der Waals surface area contributed by atoms with Gasteiger partial charge in [0.25, 0.3) is 0 Å². The summed E-state index contributed by atoms with van der Waals surface area (Å²) in [4.78, 5) is 0.170. The molecule has 0 radical (unpaired) electrons. The minimum atomic E-state index is 0.170. The third-order valence-corrected chi connectivity index (χ3v) is 2.76. The Bertz CT molecular complexity index is 108. The van der Waals surface area contributed by atoms with E-state index in [-0.39, 0.29) is 4.87 Å². The lowest BCUT2D eigenvalue weighted by Gasteiger charge is -2.49. The van der Waals surface area contributed by atoms with E-state index in [1.54, 1.807) is 0 Å². The molecule has 0 heterocycles. The van der Waals surface area contributed by atoms with Gasteiger partial charge in [-0.15, -0.1) is 11.6 Å². The molecule has 1 fully saturated rings. The number of rotatable bonds is 1. The normalized spacial score (nSPS) is 29.3. The van der Waals surface area contributed by atoms with Crippen LogP contribution in [0.4, 0.5) is 0 Å². The second-order valence-corrected chi connectivity index (χ2v) is 4.82. The molecule has 0 saturated heterocycles. The van der Waals surface area contributed by atoms with E-state index in [0.717, 1.165) is 6.42 Å². The fourth-order valence-electron chi connectivity index (χ4n) is 1.91. The van der Waals surface area contributed by atoms with Gasteiger partial charge in [-0.25, -0.2) is 0 Å².